The van der Waals surface area contributed by atoms with Crippen LogP contribution >= 0.6 is 0 Å². The zero-order valence-electron chi connectivity index (χ0n) is 16.7. The number of morpholine rings is 1. The number of amides is 2. The molecule has 0 spiro atoms. The van der Waals surface area contributed by atoms with Gasteiger partial charge in [-0.1, -0.05) is 30.3 Å². The van der Waals surface area contributed by atoms with E-state index in [1.165, 1.54) is 11.0 Å². The molecule has 0 unspecified atom stereocenters. The average molecular weight is 393 g/mol. The highest BCUT2D eigenvalue weighted by Crippen LogP contribution is 2.19. The van der Waals surface area contributed by atoms with Crippen LogP contribution in [0.4, 0.5) is 11.4 Å². The normalized spacial score (nSPS) is 14.0. The Morgan fingerprint density at radius 1 is 1.07 bits per heavy atom. The third-order valence-corrected chi connectivity index (χ3v) is 4.77. The molecule has 0 bridgehead atoms. The molecule has 1 N–H and O–H groups in total. The van der Waals surface area contributed by atoms with Crippen LogP contribution in [0.15, 0.2) is 60.7 Å². The molecule has 2 aromatic rings. The highest BCUT2D eigenvalue weighted by Gasteiger charge is 2.14. The van der Waals surface area contributed by atoms with Gasteiger partial charge in [-0.15, -0.1) is 0 Å². The van der Waals surface area contributed by atoms with E-state index >= 15 is 0 Å². The zero-order chi connectivity index (χ0) is 20.5. The molecule has 6 heteroatoms. The molecule has 2 amide bonds. The molecular weight excluding hydrogens is 366 g/mol. The lowest BCUT2D eigenvalue weighted by molar-refractivity contribution is -0.130. The third kappa shape index (κ3) is 6.19. The first-order valence-electron chi connectivity index (χ1n) is 9.90. The quantitative estimate of drug-likeness (QED) is 0.735. The Balaban J connectivity index is 1.52. The molecule has 1 heterocycles. The van der Waals surface area contributed by atoms with E-state index in [0.29, 0.717) is 6.54 Å². The summed E-state index contributed by atoms with van der Waals surface area (Å²) in [4.78, 5) is 28.6. The number of likely N-dealkylation sites (N-methyl/N-ethyl adjacent to an activating group) is 1. The standard InChI is InChI=1S/C23H27N3O3/c1-2-25(23(28)13-8-19-6-4-3-5-7-19)18-22(27)24-20-9-11-21(12-10-20)26-14-16-29-17-15-26/h3-13H,2,14-18H2,1H3,(H,24,27). The summed E-state index contributed by atoms with van der Waals surface area (Å²) in [5.41, 5.74) is 2.78. The summed E-state index contributed by atoms with van der Waals surface area (Å²) in [5, 5.41) is 2.87. The summed E-state index contributed by atoms with van der Waals surface area (Å²) >= 11 is 0. The third-order valence-electron chi connectivity index (χ3n) is 4.77. The van der Waals surface area contributed by atoms with E-state index in [1.807, 2.05) is 61.5 Å². The molecule has 1 saturated heterocycles. The molecule has 3 rings (SSSR count). The molecule has 0 radical (unpaired) electrons. The number of hydrogen-bond acceptors (Lipinski definition) is 4. The molecular formula is C23H27N3O3. The van der Waals surface area contributed by atoms with Crippen molar-refractivity contribution in [3.8, 4) is 0 Å². The minimum Gasteiger partial charge on any atom is -0.378 e. The maximum absolute atomic E-state index is 12.4. The van der Waals surface area contributed by atoms with Crippen molar-refractivity contribution in [2.45, 2.75) is 6.92 Å². The molecule has 1 aliphatic heterocycles. The highest BCUT2D eigenvalue weighted by molar-refractivity contribution is 5.98. The van der Waals surface area contributed by atoms with Crippen LogP contribution in [0.1, 0.15) is 12.5 Å². The monoisotopic (exact) mass is 393 g/mol. The molecule has 6 nitrogen and oxygen atoms in total. The number of carbonyl (C=O) groups excluding carboxylic acids is 2. The minimum absolute atomic E-state index is 0.0136. The maximum Gasteiger partial charge on any atom is 0.247 e. The summed E-state index contributed by atoms with van der Waals surface area (Å²) in [6.45, 7) is 5.54. The Hall–Kier alpha value is -3.12. The van der Waals surface area contributed by atoms with Crippen molar-refractivity contribution in [3.05, 3.63) is 66.2 Å². The van der Waals surface area contributed by atoms with Gasteiger partial charge in [0.15, 0.2) is 0 Å². The van der Waals surface area contributed by atoms with Crippen LogP contribution in [0, 0.1) is 0 Å². The van der Waals surface area contributed by atoms with Crippen LogP contribution in [-0.2, 0) is 14.3 Å². The fourth-order valence-electron chi connectivity index (χ4n) is 3.13. The Morgan fingerprint density at radius 3 is 2.41 bits per heavy atom. The molecule has 0 atom stereocenters. The Bertz CT molecular complexity index is 828. The van der Waals surface area contributed by atoms with Gasteiger partial charge in [-0.05, 0) is 42.8 Å². The van der Waals surface area contributed by atoms with Gasteiger partial charge in [0.05, 0.1) is 13.2 Å². The van der Waals surface area contributed by atoms with Gasteiger partial charge in [-0.3, -0.25) is 9.59 Å². The smallest absolute Gasteiger partial charge is 0.247 e. The van der Waals surface area contributed by atoms with Crippen LogP contribution in [-0.4, -0.2) is 56.1 Å². The SMILES string of the molecule is CCN(CC(=O)Nc1ccc(N2CCOCC2)cc1)C(=O)C=Cc1ccccc1. The second-order valence-corrected chi connectivity index (χ2v) is 6.79. The van der Waals surface area contributed by atoms with E-state index in [0.717, 1.165) is 43.2 Å². The Kier molecular flexibility index (Phi) is 7.41. The number of nitrogens with one attached hydrogen (secondary N) is 1. The summed E-state index contributed by atoms with van der Waals surface area (Å²) in [5.74, 6) is -0.401. The number of carbonyl (C=O) groups is 2. The number of rotatable bonds is 7. The predicted molar refractivity (Wildman–Crippen MR) is 116 cm³/mol. The summed E-state index contributed by atoms with van der Waals surface area (Å²) < 4.78 is 5.37. The number of benzene rings is 2. The van der Waals surface area contributed by atoms with Crippen LogP contribution in [0.2, 0.25) is 0 Å². The van der Waals surface area contributed by atoms with E-state index in [-0.39, 0.29) is 18.4 Å². The van der Waals surface area contributed by atoms with Crippen LogP contribution < -0.4 is 10.2 Å². The first-order chi connectivity index (χ1) is 14.2. The molecule has 1 fully saturated rings. The summed E-state index contributed by atoms with van der Waals surface area (Å²) in [7, 11) is 0. The van der Waals surface area contributed by atoms with Crippen molar-refractivity contribution in [3.63, 3.8) is 0 Å². The van der Waals surface area contributed by atoms with Gasteiger partial charge in [0.25, 0.3) is 0 Å². The van der Waals surface area contributed by atoms with Crippen molar-refractivity contribution in [1.29, 1.82) is 0 Å². The Morgan fingerprint density at radius 2 is 1.76 bits per heavy atom. The van der Waals surface area contributed by atoms with Gasteiger partial charge in [0, 0.05) is 37.1 Å². The first-order valence-corrected chi connectivity index (χ1v) is 9.90. The molecule has 0 saturated carbocycles. The van der Waals surface area contributed by atoms with Gasteiger partial charge >= 0.3 is 0 Å². The second kappa shape index (κ2) is 10.4. The van der Waals surface area contributed by atoms with Gasteiger partial charge in [-0.25, -0.2) is 0 Å². The number of hydrogen-bond donors (Lipinski definition) is 1. The van der Waals surface area contributed by atoms with Gasteiger partial charge in [0.2, 0.25) is 11.8 Å². The predicted octanol–water partition coefficient (Wildman–Crippen LogP) is 3.02. The second-order valence-electron chi connectivity index (χ2n) is 6.79. The van der Waals surface area contributed by atoms with Crippen LogP contribution in [0.3, 0.4) is 0 Å². The van der Waals surface area contributed by atoms with Crippen LogP contribution in [0.5, 0.6) is 0 Å². The average Bonchev–Trinajstić information content (AvgIpc) is 2.77. The number of ether oxygens (including phenoxy) is 1. The lowest BCUT2D eigenvalue weighted by Gasteiger charge is -2.29. The van der Waals surface area contributed by atoms with E-state index in [2.05, 4.69) is 10.2 Å². The van der Waals surface area contributed by atoms with Gasteiger partial charge in [-0.2, -0.15) is 0 Å². The van der Waals surface area contributed by atoms with E-state index in [9.17, 15) is 9.59 Å². The van der Waals surface area contributed by atoms with Gasteiger partial charge in [0.1, 0.15) is 6.54 Å². The molecule has 0 aliphatic carbocycles. The highest BCUT2D eigenvalue weighted by atomic mass is 16.5. The molecule has 2 aromatic carbocycles. The number of nitrogens with zero attached hydrogens (tertiary/aromatic N) is 2. The first kappa shape index (κ1) is 20.6. The fraction of sp³-hybridized carbons (Fsp3) is 0.304. The van der Waals surface area contributed by atoms with Gasteiger partial charge < -0.3 is 19.9 Å². The molecule has 0 aromatic heterocycles. The lowest BCUT2D eigenvalue weighted by atomic mass is 10.2. The largest absolute Gasteiger partial charge is 0.378 e. The Labute approximate surface area is 171 Å². The summed E-state index contributed by atoms with van der Waals surface area (Å²) in [6.07, 6.45) is 3.26. The lowest BCUT2D eigenvalue weighted by Crippen LogP contribution is -2.37. The van der Waals surface area contributed by atoms with E-state index < -0.39 is 0 Å². The maximum atomic E-state index is 12.4. The van der Waals surface area contributed by atoms with Crippen LogP contribution in [0.25, 0.3) is 6.08 Å². The topological polar surface area (TPSA) is 61.9 Å². The number of anilines is 2. The van der Waals surface area contributed by atoms with Crippen molar-refractivity contribution >= 4 is 29.3 Å². The zero-order valence-corrected chi connectivity index (χ0v) is 16.7. The summed E-state index contributed by atoms with van der Waals surface area (Å²) in [6, 6.07) is 17.4. The molecule has 29 heavy (non-hydrogen) atoms. The minimum atomic E-state index is -0.215. The van der Waals surface area contributed by atoms with Crippen molar-refractivity contribution in [1.82, 2.24) is 4.90 Å². The fourth-order valence-corrected chi connectivity index (χ4v) is 3.13. The van der Waals surface area contributed by atoms with E-state index in [4.69, 9.17) is 4.74 Å². The van der Waals surface area contributed by atoms with Crippen molar-refractivity contribution in [2.24, 2.45) is 0 Å². The van der Waals surface area contributed by atoms with Crippen molar-refractivity contribution < 1.29 is 14.3 Å². The molecule has 152 valence electrons. The molecule has 1 aliphatic rings. The van der Waals surface area contributed by atoms with E-state index in [1.54, 1.807) is 6.08 Å². The van der Waals surface area contributed by atoms with Crippen molar-refractivity contribution in [2.75, 3.05) is 49.6 Å².